The van der Waals surface area contributed by atoms with E-state index in [4.69, 9.17) is 5.11 Å². The predicted molar refractivity (Wildman–Crippen MR) is 57.8 cm³/mol. The second kappa shape index (κ2) is 4.45. The van der Waals surface area contributed by atoms with Crippen molar-refractivity contribution < 1.29 is 9.90 Å². The highest BCUT2D eigenvalue weighted by Crippen LogP contribution is 2.29. The molecule has 1 heterocycles. The maximum atomic E-state index is 10.7. The first kappa shape index (κ1) is 10.2. The van der Waals surface area contributed by atoms with Gasteiger partial charge in [-0.05, 0) is 18.5 Å². The molecule has 1 aromatic rings. The largest absolute Gasteiger partial charge is 0.481 e. The Morgan fingerprint density at radius 3 is 2.80 bits per heavy atom. The highest BCUT2D eigenvalue weighted by atomic mass is 16.4. The fourth-order valence-corrected chi connectivity index (χ4v) is 2.27. The van der Waals surface area contributed by atoms with Gasteiger partial charge < -0.3 is 10.4 Å². The second-order valence-corrected chi connectivity index (χ2v) is 3.96. The lowest BCUT2D eigenvalue weighted by Crippen LogP contribution is -2.28. The van der Waals surface area contributed by atoms with Gasteiger partial charge in [0.1, 0.15) is 0 Å². The van der Waals surface area contributed by atoms with Crippen LogP contribution in [0, 0.1) is 0 Å². The first-order valence-electron chi connectivity index (χ1n) is 5.27. The molecule has 1 aliphatic heterocycles. The fourth-order valence-electron chi connectivity index (χ4n) is 2.27. The van der Waals surface area contributed by atoms with Crippen LogP contribution >= 0.6 is 0 Å². The molecule has 80 valence electrons. The van der Waals surface area contributed by atoms with Crippen molar-refractivity contribution in [1.29, 1.82) is 0 Å². The zero-order valence-corrected chi connectivity index (χ0v) is 8.52. The number of hydrogen-bond donors (Lipinski definition) is 2. The van der Waals surface area contributed by atoms with Gasteiger partial charge in [0.15, 0.2) is 0 Å². The normalized spacial score (nSPS) is 25.3. The maximum Gasteiger partial charge on any atom is 0.304 e. The van der Waals surface area contributed by atoms with E-state index in [0.29, 0.717) is 5.92 Å². The minimum Gasteiger partial charge on any atom is -0.481 e. The average molecular weight is 205 g/mol. The number of hydrogen-bond acceptors (Lipinski definition) is 2. The van der Waals surface area contributed by atoms with Gasteiger partial charge in [-0.3, -0.25) is 4.79 Å². The standard InChI is InChI=1S/C12H15NO2/c14-12(15)8-11-10(6-7-13-11)9-4-2-1-3-5-9/h1-5,10-11,13H,6-8H2,(H,14,15). The third-order valence-corrected chi connectivity index (χ3v) is 2.97. The first-order chi connectivity index (χ1) is 7.27. The van der Waals surface area contributed by atoms with Crippen molar-refractivity contribution in [1.82, 2.24) is 5.32 Å². The molecule has 0 radical (unpaired) electrons. The van der Waals surface area contributed by atoms with E-state index in [2.05, 4.69) is 17.4 Å². The van der Waals surface area contributed by atoms with Crippen LogP contribution in [0.25, 0.3) is 0 Å². The molecule has 2 rings (SSSR count). The number of rotatable bonds is 3. The van der Waals surface area contributed by atoms with Crippen LogP contribution in [0.3, 0.4) is 0 Å². The monoisotopic (exact) mass is 205 g/mol. The van der Waals surface area contributed by atoms with E-state index in [0.717, 1.165) is 13.0 Å². The van der Waals surface area contributed by atoms with Crippen LogP contribution in [0.1, 0.15) is 24.3 Å². The number of benzene rings is 1. The zero-order chi connectivity index (χ0) is 10.7. The SMILES string of the molecule is O=C(O)CC1NCCC1c1ccccc1. The topological polar surface area (TPSA) is 49.3 Å². The summed E-state index contributed by atoms with van der Waals surface area (Å²) < 4.78 is 0. The molecule has 1 fully saturated rings. The first-order valence-corrected chi connectivity index (χ1v) is 5.27. The zero-order valence-electron chi connectivity index (χ0n) is 8.52. The van der Waals surface area contributed by atoms with Crippen molar-refractivity contribution >= 4 is 5.97 Å². The molecule has 0 aliphatic carbocycles. The molecule has 0 aromatic heterocycles. The molecule has 2 N–H and O–H groups in total. The van der Waals surface area contributed by atoms with Gasteiger partial charge in [-0.2, -0.15) is 0 Å². The van der Waals surface area contributed by atoms with E-state index in [1.54, 1.807) is 0 Å². The van der Waals surface area contributed by atoms with Crippen LogP contribution in [0.2, 0.25) is 0 Å². The predicted octanol–water partition coefficient (Wildman–Crippen LogP) is 1.61. The minimum absolute atomic E-state index is 0.0879. The summed E-state index contributed by atoms with van der Waals surface area (Å²) in [5.74, 6) is -0.377. The summed E-state index contributed by atoms with van der Waals surface area (Å²) in [5, 5.41) is 12.1. The van der Waals surface area contributed by atoms with E-state index in [1.807, 2.05) is 18.2 Å². The Labute approximate surface area is 89.1 Å². The summed E-state index contributed by atoms with van der Waals surface area (Å²) in [5.41, 5.74) is 1.24. The molecule has 15 heavy (non-hydrogen) atoms. The van der Waals surface area contributed by atoms with Crippen LogP contribution in [-0.2, 0) is 4.79 Å². The Balaban J connectivity index is 2.11. The van der Waals surface area contributed by atoms with Crippen molar-refractivity contribution in [3.63, 3.8) is 0 Å². The van der Waals surface area contributed by atoms with Crippen LogP contribution in [0.4, 0.5) is 0 Å². The van der Waals surface area contributed by atoms with Gasteiger partial charge >= 0.3 is 5.97 Å². The van der Waals surface area contributed by atoms with E-state index in [-0.39, 0.29) is 12.5 Å². The van der Waals surface area contributed by atoms with E-state index < -0.39 is 5.97 Å². The Morgan fingerprint density at radius 2 is 2.13 bits per heavy atom. The van der Waals surface area contributed by atoms with E-state index >= 15 is 0 Å². The van der Waals surface area contributed by atoms with Crippen LogP contribution in [0.5, 0.6) is 0 Å². The van der Waals surface area contributed by atoms with Crippen molar-refractivity contribution in [2.24, 2.45) is 0 Å². The molecule has 3 nitrogen and oxygen atoms in total. The summed E-state index contributed by atoms with van der Waals surface area (Å²) in [4.78, 5) is 10.7. The van der Waals surface area contributed by atoms with Gasteiger partial charge in [0.25, 0.3) is 0 Å². The molecule has 1 aromatic carbocycles. The Kier molecular flexibility index (Phi) is 3.02. The van der Waals surface area contributed by atoms with Gasteiger partial charge in [-0.1, -0.05) is 30.3 Å². The molecular formula is C12H15NO2. The Hall–Kier alpha value is -1.35. The molecule has 1 saturated heterocycles. The van der Waals surface area contributed by atoms with Crippen molar-refractivity contribution in [3.8, 4) is 0 Å². The molecule has 0 amide bonds. The number of carbonyl (C=O) groups is 1. The molecule has 2 unspecified atom stereocenters. The minimum atomic E-state index is -0.727. The summed E-state index contributed by atoms with van der Waals surface area (Å²) in [6, 6.07) is 10.2. The molecule has 3 heteroatoms. The lowest BCUT2D eigenvalue weighted by atomic mass is 9.90. The Bertz CT molecular complexity index is 337. The maximum absolute atomic E-state index is 10.7. The number of aliphatic carboxylic acids is 1. The van der Waals surface area contributed by atoms with Crippen LogP contribution in [0.15, 0.2) is 30.3 Å². The lowest BCUT2D eigenvalue weighted by Gasteiger charge is -2.17. The summed E-state index contributed by atoms with van der Waals surface area (Å²) >= 11 is 0. The van der Waals surface area contributed by atoms with Gasteiger partial charge in [0, 0.05) is 12.0 Å². The van der Waals surface area contributed by atoms with Crippen LogP contribution < -0.4 is 5.32 Å². The van der Waals surface area contributed by atoms with Gasteiger partial charge in [0.05, 0.1) is 6.42 Å². The quantitative estimate of drug-likeness (QED) is 0.788. The van der Waals surface area contributed by atoms with Gasteiger partial charge in [0.2, 0.25) is 0 Å². The van der Waals surface area contributed by atoms with Crippen molar-refractivity contribution in [2.45, 2.75) is 24.8 Å². The molecule has 2 atom stereocenters. The second-order valence-electron chi connectivity index (χ2n) is 3.96. The van der Waals surface area contributed by atoms with Crippen molar-refractivity contribution in [3.05, 3.63) is 35.9 Å². The third-order valence-electron chi connectivity index (χ3n) is 2.97. The highest BCUT2D eigenvalue weighted by molar-refractivity contribution is 5.67. The number of nitrogens with one attached hydrogen (secondary N) is 1. The Morgan fingerprint density at radius 1 is 1.40 bits per heavy atom. The third kappa shape index (κ3) is 2.36. The number of carboxylic acid groups (broad SMARTS) is 1. The van der Waals surface area contributed by atoms with E-state index in [9.17, 15) is 4.79 Å². The molecular weight excluding hydrogens is 190 g/mol. The molecule has 0 spiro atoms. The fraction of sp³-hybridized carbons (Fsp3) is 0.417. The highest BCUT2D eigenvalue weighted by Gasteiger charge is 2.29. The van der Waals surface area contributed by atoms with E-state index in [1.165, 1.54) is 5.56 Å². The average Bonchev–Trinajstić information content (AvgIpc) is 2.66. The van der Waals surface area contributed by atoms with Crippen molar-refractivity contribution in [2.75, 3.05) is 6.54 Å². The van der Waals surface area contributed by atoms with Gasteiger partial charge in [-0.25, -0.2) is 0 Å². The molecule has 1 aliphatic rings. The summed E-state index contributed by atoms with van der Waals surface area (Å²) in [6.45, 7) is 0.914. The summed E-state index contributed by atoms with van der Waals surface area (Å²) in [7, 11) is 0. The lowest BCUT2D eigenvalue weighted by molar-refractivity contribution is -0.137. The smallest absolute Gasteiger partial charge is 0.304 e. The molecule has 0 saturated carbocycles. The van der Waals surface area contributed by atoms with Crippen LogP contribution in [-0.4, -0.2) is 23.7 Å². The number of carboxylic acids is 1. The summed E-state index contributed by atoms with van der Waals surface area (Å²) in [6.07, 6.45) is 1.24. The van der Waals surface area contributed by atoms with Gasteiger partial charge in [-0.15, -0.1) is 0 Å². The molecule has 0 bridgehead atoms.